The highest BCUT2D eigenvalue weighted by molar-refractivity contribution is 7.17. The van der Waals surface area contributed by atoms with E-state index < -0.39 is 18.8 Å². The van der Waals surface area contributed by atoms with E-state index in [1.54, 1.807) is 17.5 Å². The molecule has 0 bridgehead atoms. The van der Waals surface area contributed by atoms with Crippen LogP contribution in [0.1, 0.15) is 11.7 Å². The molecule has 0 saturated heterocycles. The van der Waals surface area contributed by atoms with Crippen LogP contribution in [-0.4, -0.2) is 22.9 Å². The Morgan fingerprint density at radius 1 is 1.09 bits per heavy atom. The van der Waals surface area contributed by atoms with Crippen LogP contribution in [0.2, 0.25) is 0 Å². The zero-order chi connectivity index (χ0) is 15.5. The summed E-state index contributed by atoms with van der Waals surface area (Å²) >= 11 is 1.30. The highest BCUT2D eigenvalue weighted by atomic mass is 32.1. The molecule has 0 amide bonds. The lowest BCUT2D eigenvalue weighted by Crippen LogP contribution is -2.27. The molecule has 2 atom stereocenters. The molecule has 5 heteroatoms. The Hall–Kier alpha value is -1.95. The molecule has 22 heavy (non-hydrogen) atoms. The molecule has 0 spiro atoms. The lowest BCUT2D eigenvalue weighted by atomic mass is 10.0. The number of ether oxygens (including phenoxy) is 1. The van der Waals surface area contributed by atoms with Crippen LogP contribution in [0.25, 0.3) is 10.1 Å². The zero-order valence-electron chi connectivity index (χ0n) is 11.6. The molecule has 3 rings (SSSR count). The molecule has 2 unspecified atom stereocenters. The molecule has 1 aromatic heterocycles. The summed E-state index contributed by atoms with van der Waals surface area (Å²) in [5.41, 5.74) is 0.747. The van der Waals surface area contributed by atoms with Crippen LogP contribution in [0.3, 0.4) is 0 Å². The maximum absolute atomic E-state index is 13.8. The first kappa shape index (κ1) is 15.0. The minimum absolute atomic E-state index is 0.295. The molecule has 114 valence electrons. The van der Waals surface area contributed by atoms with Crippen molar-refractivity contribution in [3.8, 4) is 5.75 Å². The van der Waals surface area contributed by atoms with Gasteiger partial charge in [-0.3, -0.25) is 0 Å². The van der Waals surface area contributed by atoms with E-state index in [1.807, 2.05) is 30.3 Å². The van der Waals surface area contributed by atoms with Gasteiger partial charge in [0.15, 0.2) is 6.10 Å². The van der Waals surface area contributed by atoms with Gasteiger partial charge in [-0.05, 0) is 29.1 Å². The third kappa shape index (κ3) is 2.83. The van der Waals surface area contributed by atoms with Crippen molar-refractivity contribution >= 4 is 21.4 Å². The van der Waals surface area contributed by atoms with Crippen molar-refractivity contribution in [1.29, 1.82) is 0 Å². The first-order valence-corrected chi connectivity index (χ1v) is 7.75. The first-order chi connectivity index (χ1) is 10.7. The van der Waals surface area contributed by atoms with Crippen LogP contribution in [0.15, 0.2) is 53.9 Å². The summed E-state index contributed by atoms with van der Waals surface area (Å²) in [6, 6.07) is 13.8. The quantitative estimate of drug-likeness (QED) is 0.757. The van der Waals surface area contributed by atoms with Gasteiger partial charge in [0.25, 0.3) is 0 Å². The van der Waals surface area contributed by atoms with E-state index >= 15 is 0 Å². The second-order valence-electron chi connectivity index (χ2n) is 4.91. The zero-order valence-corrected chi connectivity index (χ0v) is 12.5. The van der Waals surface area contributed by atoms with Crippen molar-refractivity contribution in [3.05, 3.63) is 65.3 Å². The molecule has 2 aromatic carbocycles. The number of thiophene rings is 1. The summed E-state index contributed by atoms with van der Waals surface area (Å²) in [6.07, 6.45) is -1.79. The molecule has 3 aromatic rings. The fourth-order valence-electron chi connectivity index (χ4n) is 2.35. The standard InChI is InChI=1S/C17H15FO3S/c18-13-6-7-15(12-8-9-22-17(12)13)21-16(14(20)10-19)11-4-2-1-3-5-11/h1-9,14,16,19-20H,10H2. The molecule has 0 radical (unpaired) electrons. The molecule has 1 heterocycles. The predicted molar refractivity (Wildman–Crippen MR) is 84.7 cm³/mol. The Kier molecular flexibility index (Phi) is 4.38. The Bertz CT molecular complexity index is 757. The number of aliphatic hydroxyl groups excluding tert-OH is 2. The largest absolute Gasteiger partial charge is 0.482 e. The molecule has 0 aliphatic carbocycles. The number of rotatable bonds is 5. The third-order valence-electron chi connectivity index (χ3n) is 3.45. The van der Waals surface area contributed by atoms with Crippen molar-refractivity contribution in [1.82, 2.24) is 0 Å². The maximum atomic E-state index is 13.8. The molecular weight excluding hydrogens is 303 g/mol. The molecule has 3 nitrogen and oxygen atoms in total. The van der Waals surface area contributed by atoms with Crippen molar-refractivity contribution in [2.45, 2.75) is 12.2 Å². The molecule has 0 saturated carbocycles. The van der Waals surface area contributed by atoms with Crippen LogP contribution < -0.4 is 4.74 Å². The van der Waals surface area contributed by atoms with Crippen LogP contribution in [0.5, 0.6) is 5.75 Å². The van der Waals surface area contributed by atoms with Crippen molar-refractivity contribution in [2.24, 2.45) is 0 Å². The van der Waals surface area contributed by atoms with Gasteiger partial charge in [-0.1, -0.05) is 30.3 Å². The second kappa shape index (κ2) is 6.44. The minimum atomic E-state index is -1.07. The lowest BCUT2D eigenvalue weighted by molar-refractivity contribution is -0.00124. The Labute approximate surface area is 131 Å². The first-order valence-electron chi connectivity index (χ1n) is 6.87. The van der Waals surface area contributed by atoms with Gasteiger partial charge in [-0.15, -0.1) is 11.3 Å². The van der Waals surface area contributed by atoms with E-state index in [4.69, 9.17) is 4.74 Å². The summed E-state index contributed by atoms with van der Waals surface area (Å²) in [7, 11) is 0. The van der Waals surface area contributed by atoms with Crippen molar-refractivity contribution in [3.63, 3.8) is 0 Å². The van der Waals surface area contributed by atoms with Gasteiger partial charge in [-0.2, -0.15) is 0 Å². The van der Waals surface area contributed by atoms with E-state index in [-0.39, 0.29) is 5.82 Å². The van der Waals surface area contributed by atoms with Crippen molar-refractivity contribution in [2.75, 3.05) is 6.61 Å². The highest BCUT2D eigenvalue weighted by Gasteiger charge is 2.23. The Morgan fingerprint density at radius 3 is 2.59 bits per heavy atom. The number of hydrogen-bond acceptors (Lipinski definition) is 4. The molecule has 2 N–H and O–H groups in total. The summed E-state index contributed by atoms with van der Waals surface area (Å²) < 4.78 is 20.2. The summed E-state index contributed by atoms with van der Waals surface area (Å²) in [5.74, 6) is 0.190. The minimum Gasteiger partial charge on any atom is -0.482 e. The molecule has 0 aliphatic rings. The van der Waals surface area contributed by atoms with Gasteiger partial charge in [-0.25, -0.2) is 4.39 Å². The topological polar surface area (TPSA) is 49.7 Å². The van der Waals surface area contributed by atoms with E-state index in [9.17, 15) is 14.6 Å². The second-order valence-corrected chi connectivity index (χ2v) is 5.82. The number of fused-ring (bicyclic) bond motifs is 1. The monoisotopic (exact) mass is 318 g/mol. The van der Waals surface area contributed by atoms with Gasteiger partial charge < -0.3 is 14.9 Å². The SMILES string of the molecule is OCC(O)C(Oc1ccc(F)c2sccc12)c1ccccc1. The fourth-order valence-corrected chi connectivity index (χ4v) is 3.17. The number of benzene rings is 2. The van der Waals surface area contributed by atoms with E-state index in [2.05, 4.69) is 0 Å². The maximum Gasteiger partial charge on any atom is 0.152 e. The van der Waals surface area contributed by atoms with E-state index in [0.717, 1.165) is 5.56 Å². The predicted octanol–water partition coefficient (Wildman–Crippen LogP) is 3.51. The van der Waals surface area contributed by atoms with Gasteiger partial charge in [0.2, 0.25) is 0 Å². The Balaban J connectivity index is 1.99. The van der Waals surface area contributed by atoms with E-state index in [1.165, 1.54) is 17.4 Å². The average Bonchev–Trinajstić information content (AvgIpc) is 3.05. The van der Waals surface area contributed by atoms with Gasteiger partial charge in [0.1, 0.15) is 17.7 Å². The highest BCUT2D eigenvalue weighted by Crippen LogP contribution is 2.35. The van der Waals surface area contributed by atoms with Crippen LogP contribution in [0, 0.1) is 5.82 Å². The van der Waals surface area contributed by atoms with Crippen LogP contribution >= 0.6 is 11.3 Å². The number of hydrogen-bond donors (Lipinski definition) is 2. The smallest absolute Gasteiger partial charge is 0.152 e. The number of halogens is 1. The van der Waals surface area contributed by atoms with Crippen LogP contribution in [-0.2, 0) is 0 Å². The Morgan fingerprint density at radius 2 is 1.86 bits per heavy atom. The molecular formula is C17H15FO3S. The third-order valence-corrected chi connectivity index (χ3v) is 4.37. The lowest BCUT2D eigenvalue weighted by Gasteiger charge is -2.24. The molecule has 0 fully saturated rings. The van der Waals surface area contributed by atoms with E-state index in [0.29, 0.717) is 15.8 Å². The van der Waals surface area contributed by atoms with Crippen LogP contribution in [0.4, 0.5) is 4.39 Å². The normalized spacial score (nSPS) is 14.0. The summed E-state index contributed by atoms with van der Waals surface area (Å²) in [4.78, 5) is 0. The average molecular weight is 318 g/mol. The van der Waals surface area contributed by atoms with Crippen molar-refractivity contribution < 1.29 is 19.3 Å². The molecule has 0 aliphatic heterocycles. The number of aliphatic hydroxyl groups is 2. The van der Waals surface area contributed by atoms with Gasteiger partial charge in [0.05, 0.1) is 11.3 Å². The van der Waals surface area contributed by atoms with Gasteiger partial charge in [0, 0.05) is 5.39 Å². The summed E-state index contributed by atoms with van der Waals surface area (Å²) in [6.45, 7) is -0.423. The fraction of sp³-hybridized carbons (Fsp3) is 0.176. The van der Waals surface area contributed by atoms with Gasteiger partial charge >= 0.3 is 0 Å². The summed E-state index contributed by atoms with van der Waals surface area (Å²) in [5, 5.41) is 21.8.